The highest BCUT2D eigenvalue weighted by atomic mass is 14.9. The van der Waals surface area contributed by atoms with E-state index < -0.39 is 0 Å². The SMILES string of the molecule is Cc1nc(C)c(C)c(-c2ccc(-c3ccc4cc(-c5ccc6ccccc6c5)ccc4c3)cc2)n1. The third-order valence-electron chi connectivity index (χ3n) is 6.92. The number of aryl methyl sites for hydroxylation is 2. The van der Waals surface area contributed by atoms with Crippen LogP contribution in [0.25, 0.3) is 55.1 Å². The monoisotopic (exact) mass is 450 g/mol. The minimum absolute atomic E-state index is 0.810. The van der Waals surface area contributed by atoms with Crippen LogP contribution in [0, 0.1) is 20.8 Å². The summed E-state index contributed by atoms with van der Waals surface area (Å²) in [5.41, 5.74) is 9.22. The highest BCUT2D eigenvalue weighted by Crippen LogP contribution is 2.31. The van der Waals surface area contributed by atoms with E-state index in [2.05, 4.69) is 120 Å². The van der Waals surface area contributed by atoms with Crippen molar-refractivity contribution in [1.29, 1.82) is 0 Å². The highest BCUT2D eigenvalue weighted by molar-refractivity contribution is 5.93. The standard InChI is InChI=1S/C33H26N2/c1-21-22(2)34-23(3)35-33(21)26-11-8-25(9-12-26)28-14-15-31-20-32(17-16-30(31)19-28)29-13-10-24-6-4-5-7-27(24)18-29/h4-20H,1-3H3. The van der Waals surface area contributed by atoms with Gasteiger partial charge in [0.25, 0.3) is 0 Å². The van der Waals surface area contributed by atoms with Crippen molar-refractivity contribution < 1.29 is 0 Å². The molecule has 0 fully saturated rings. The lowest BCUT2D eigenvalue weighted by molar-refractivity contribution is 0.992. The van der Waals surface area contributed by atoms with E-state index in [1.807, 2.05) is 13.8 Å². The zero-order valence-electron chi connectivity index (χ0n) is 20.2. The van der Waals surface area contributed by atoms with Crippen LogP contribution >= 0.6 is 0 Å². The summed E-state index contributed by atoms with van der Waals surface area (Å²) in [7, 11) is 0. The molecule has 0 saturated heterocycles. The number of fused-ring (bicyclic) bond motifs is 2. The van der Waals surface area contributed by atoms with Crippen LogP contribution in [-0.4, -0.2) is 9.97 Å². The quantitative estimate of drug-likeness (QED) is 0.269. The van der Waals surface area contributed by atoms with Gasteiger partial charge in [-0.15, -0.1) is 0 Å². The molecule has 168 valence electrons. The van der Waals surface area contributed by atoms with Crippen molar-refractivity contribution in [3.05, 3.63) is 120 Å². The molecule has 0 aliphatic carbocycles. The van der Waals surface area contributed by atoms with Crippen molar-refractivity contribution in [3.63, 3.8) is 0 Å². The lowest BCUT2D eigenvalue weighted by Gasteiger charge is -2.11. The molecule has 35 heavy (non-hydrogen) atoms. The first-order valence-corrected chi connectivity index (χ1v) is 12.0. The van der Waals surface area contributed by atoms with Gasteiger partial charge in [0.15, 0.2) is 0 Å². The number of benzene rings is 5. The second kappa shape index (κ2) is 8.48. The zero-order chi connectivity index (χ0) is 23.9. The second-order valence-electron chi connectivity index (χ2n) is 9.25. The van der Waals surface area contributed by atoms with Crippen LogP contribution in [0.1, 0.15) is 17.1 Å². The summed E-state index contributed by atoms with van der Waals surface area (Å²) < 4.78 is 0. The van der Waals surface area contributed by atoms with E-state index in [0.717, 1.165) is 28.3 Å². The van der Waals surface area contributed by atoms with E-state index in [9.17, 15) is 0 Å². The Kier molecular flexibility index (Phi) is 5.15. The molecule has 0 spiro atoms. The predicted octanol–water partition coefficient (Wildman–Crippen LogP) is 8.71. The van der Waals surface area contributed by atoms with E-state index in [1.54, 1.807) is 0 Å². The van der Waals surface area contributed by atoms with Gasteiger partial charge in [0, 0.05) is 11.3 Å². The molecule has 0 aliphatic rings. The van der Waals surface area contributed by atoms with Crippen LogP contribution < -0.4 is 0 Å². The van der Waals surface area contributed by atoms with Gasteiger partial charge in [-0.3, -0.25) is 0 Å². The van der Waals surface area contributed by atoms with Crippen molar-refractivity contribution in [3.8, 4) is 33.5 Å². The topological polar surface area (TPSA) is 25.8 Å². The van der Waals surface area contributed by atoms with Gasteiger partial charge in [-0.05, 0) is 88.3 Å². The summed E-state index contributed by atoms with van der Waals surface area (Å²) in [6.45, 7) is 6.08. The third kappa shape index (κ3) is 3.98. The molecule has 0 bridgehead atoms. The molecule has 0 saturated carbocycles. The molecule has 5 aromatic carbocycles. The molecular weight excluding hydrogens is 424 g/mol. The Morgan fingerprint density at radius 1 is 0.429 bits per heavy atom. The van der Waals surface area contributed by atoms with Crippen LogP contribution in [0.3, 0.4) is 0 Å². The van der Waals surface area contributed by atoms with Gasteiger partial charge < -0.3 is 0 Å². The Hall–Kier alpha value is -4.30. The number of aromatic nitrogens is 2. The van der Waals surface area contributed by atoms with E-state index in [1.165, 1.54) is 43.8 Å². The van der Waals surface area contributed by atoms with Crippen LogP contribution in [0.2, 0.25) is 0 Å². The van der Waals surface area contributed by atoms with Crippen LogP contribution in [-0.2, 0) is 0 Å². The molecule has 0 unspecified atom stereocenters. The maximum absolute atomic E-state index is 4.69. The summed E-state index contributed by atoms with van der Waals surface area (Å²) in [6, 6.07) is 37.4. The largest absolute Gasteiger partial charge is 0.238 e. The molecule has 0 N–H and O–H groups in total. The normalized spacial score (nSPS) is 11.3. The summed E-state index contributed by atoms with van der Waals surface area (Å²) in [6.07, 6.45) is 0. The molecule has 6 rings (SSSR count). The van der Waals surface area contributed by atoms with Gasteiger partial charge >= 0.3 is 0 Å². The minimum Gasteiger partial charge on any atom is -0.238 e. The van der Waals surface area contributed by atoms with Gasteiger partial charge in [-0.2, -0.15) is 0 Å². The van der Waals surface area contributed by atoms with Gasteiger partial charge in [0.05, 0.1) is 5.69 Å². The summed E-state index contributed by atoms with van der Waals surface area (Å²) in [4.78, 5) is 9.17. The van der Waals surface area contributed by atoms with Crippen molar-refractivity contribution >= 4 is 21.5 Å². The molecule has 1 heterocycles. The molecule has 0 radical (unpaired) electrons. The van der Waals surface area contributed by atoms with E-state index in [-0.39, 0.29) is 0 Å². The lowest BCUT2D eigenvalue weighted by Crippen LogP contribution is -1.98. The zero-order valence-corrected chi connectivity index (χ0v) is 20.2. The Morgan fingerprint density at radius 2 is 0.886 bits per heavy atom. The summed E-state index contributed by atoms with van der Waals surface area (Å²) in [5.74, 6) is 0.810. The molecule has 2 nitrogen and oxygen atoms in total. The molecule has 0 atom stereocenters. The Bertz CT molecular complexity index is 1710. The Labute approximate surface area is 206 Å². The number of rotatable bonds is 3. The highest BCUT2D eigenvalue weighted by Gasteiger charge is 2.09. The third-order valence-corrected chi connectivity index (χ3v) is 6.92. The fourth-order valence-electron chi connectivity index (χ4n) is 4.84. The fraction of sp³-hybridized carbons (Fsp3) is 0.0909. The maximum atomic E-state index is 4.69. The van der Waals surface area contributed by atoms with Crippen LogP contribution in [0.5, 0.6) is 0 Å². The van der Waals surface area contributed by atoms with E-state index in [0.29, 0.717) is 0 Å². The second-order valence-corrected chi connectivity index (χ2v) is 9.25. The maximum Gasteiger partial charge on any atom is 0.126 e. The van der Waals surface area contributed by atoms with E-state index >= 15 is 0 Å². The molecule has 6 aromatic rings. The van der Waals surface area contributed by atoms with Gasteiger partial charge in [0.1, 0.15) is 5.82 Å². The molecule has 1 aromatic heterocycles. The van der Waals surface area contributed by atoms with Crippen molar-refractivity contribution in [2.24, 2.45) is 0 Å². The number of nitrogens with zero attached hydrogens (tertiary/aromatic N) is 2. The van der Waals surface area contributed by atoms with Gasteiger partial charge in [-0.1, -0.05) is 84.9 Å². The number of hydrogen-bond acceptors (Lipinski definition) is 2. The van der Waals surface area contributed by atoms with Crippen LogP contribution in [0.4, 0.5) is 0 Å². The predicted molar refractivity (Wildman–Crippen MR) is 148 cm³/mol. The Morgan fingerprint density at radius 3 is 1.51 bits per heavy atom. The number of hydrogen-bond donors (Lipinski definition) is 0. The lowest BCUT2D eigenvalue weighted by atomic mass is 9.96. The first-order chi connectivity index (χ1) is 17.0. The van der Waals surface area contributed by atoms with Gasteiger partial charge in [-0.25, -0.2) is 9.97 Å². The average Bonchev–Trinajstić information content (AvgIpc) is 2.90. The van der Waals surface area contributed by atoms with Crippen molar-refractivity contribution in [2.45, 2.75) is 20.8 Å². The Balaban J connectivity index is 1.32. The first-order valence-electron chi connectivity index (χ1n) is 12.0. The van der Waals surface area contributed by atoms with Crippen molar-refractivity contribution in [2.75, 3.05) is 0 Å². The summed E-state index contributed by atoms with van der Waals surface area (Å²) >= 11 is 0. The molecule has 0 amide bonds. The average molecular weight is 451 g/mol. The van der Waals surface area contributed by atoms with Crippen LogP contribution in [0.15, 0.2) is 103 Å². The molecule has 2 heteroatoms. The minimum atomic E-state index is 0.810. The van der Waals surface area contributed by atoms with Gasteiger partial charge in [0.2, 0.25) is 0 Å². The fourth-order valence-corrected chi connectivity index (χ4v) is 4.84. The molecular formula is C33H26N2. The first kappa shape index (κ1) is 21.2. The molecule has 0 aliphatic heterocycles. The smallest absolute Gasteiger partial charge is 0.126 e. The van der Waals surface area contributed by atoms with Crippen molar-refractivity contribution in [1.82, 2.24) is 9.97 Å². The van der Waals surface area contributed by atoms with E-state index in [4.69, 9.17) is 0 Å². The summed E-state index contributed by atoms with van der Waals surface area (Å²) in [5, 5.41) is 5.03.